The lowest BCUT2D eigenvalue weighted by atomic mass is 10.1. The van der Waals surface area contributed by atoms with Gasteiger partial charge in [0.2, 0.25) is 0 Å². The van der Waals surface area contributed by atoms with Crippen molar-refractivity contribution < 1.29 is 4.79 Å². The van der Waals surface area contributed by atoms with Crippen LogP contribution in [0, 0.1) is 0 Å². The summed E-state index contributed by atoms with van der Waals surface area (Å²) in [5.41, 5.74) is 6.69. The molecule has 0 aliphatic carbocycles. The van der Waals surface area contributed by atoms with Gasteiger partial charge in [0.05, 0.1) is 5.02 Å². The smallest absolute Gasteiger partial charge is 0.346 e. The molecule has 1 aromatic carbocycles. The number of urea groups is 1. The topological polar surface area (TPSA) is 58.7 Å². The molecule has 2 rings (SSSR count). The summed E-state index contributed by atoms with van der Waals surface area (Å²) in [5, 5.41) is 0.622. The number of benzene rings is 1. The highest BCUT2D eigenvalue weighted by Gasteiger charge is 2.33. The summed E-state index contributed by atoms with van der Waals surface area (Å²) < 4.78 is 0.778. The van der Waals surface area contributed by atoms with Gasteiger partial charge in [-0.05, 0) is 40.5 Å². The van der Waals surface area contributed by atoms with Crippen molar-refractivity contribution >= 4 is 39.4 Å². The van der Waals surface area contributed by atoms with Crippen molar-refractivity contribution in [3.05, 3.63) is 33.3 Å². The van der Waals surface area contributed by atoms with Crippen LogP contribution in [0.2, 0.25) is 5.02 Å². The second kappa shape index (κ2) is 4.66. The Morgan fingerprint density at radius 3 is 2.88 bits per heavy atom. The maximum Gasteiger partial charge on any atom is 0.346 e. The Morgan fingerprint density at radius 2 is 2.29 bits per heavy atom. The van der Waals surface area contributed by atoms with Crippen molar-refractivity contribution in [1.29, 1.82) is 0 Å². The van der Waals surface area contributed by atoms with Gasteiger partial charge in [-0.1, -0.05) is 17.7 Å². The van der Waals surface area contributed by atoms with Gasteiger partial charge in [-0.25, -0.2) is 4.79 Å². The Morgan fingerprint density at radius 1 is 1.59 bits per heavy atom. The van der Waals surface area contributed by atoms with Crippen molar-refractivity contribution in [2.45, 2.75) is 13.0 Å². The van der Waals surface area contributed by atoms with Gasteiger partial charge in [-0.2, -0.15) is 4.99 Å². The second-order valence-electron chi connectivity index (χ2n) is 3.68. The minimum absolute atomic E-state index is 0.291. The molecule has 1 heterocycles. The summed E-state index contributed by atoms with van der Waals surface area (Å²) >= 11 is 9.29. The van der Waals surface area contributed by atoms with Crippen LogP contribution >= 0.6 is 27.5 Å². The largest absolute Gasteiger partial charge is 0.385 e. The number of hydrogen-bond acceptors (Lipinski definition) is 2. The number of halogens is 2. The predicted molar refractivity (Wildman–Crippen MR) is 71.3 cm³/mol. The summed E-state index contributed by atoms with van der Waals surface area (Å²) in [5.74, 6) is 0.325. The first kappa shape index (κ1) is 12.4. The Kier molecular flexibility index (Phi) is 3.40. The Bertz CT molecular complexity index is 503. The summed E-state index contributed by atoms with van der Waals surface area (Å²) in [6, 6.07) is 4.89. The molecular weight excluding hydrogens is 305 g/mol. The van der Waals surface area contributed by atoms with Crippen molar-refractivity contribution in [3.63, 3.8) is 0 Å². The highest BCUT2D eigenvalue weighted by molar-refractivity contribution is 9.10. The number of carbonyl (C=O) groups excluding carboxylic acids is 1. The molecule has 90 valence electrons. The summed E-state index contributed by atoms with van der Waals surface area (Å²) in [6.45, 7) is 2.46. The van der Waals surface area contributed by atoms with E-state index in [1.165, 1.54) is 0 Å². The molecule has 1 unspecified atom stereocenters. The monoisotopic (exact) mass is 315 g/mol. The van der Waals surface area contributed by atoms with Gasteiger partial charge >= 0.3 is 6.03 Å². The molecule has 0 saturated carbocycles. The third kappa shape index (κ3) is 2.17. The molecule has 2 N–H and O–H groups in total. The van der Waals surface area contributed by atoms with E-state index < -0.39 is 0 Å². The number of carbonyl (C=O) groups is 1. The van der Waals surface area contributed by atoms with Crippen LogP contribution in [0.3, 0.4) is 0 Å². The van der Waals surface area contributed by atoms with Crippen molar-refractivity contribution in [2.24, 2.45) is 10.7 Å². The lowest BCUT2D eigenvalue weighted by Crippen LogP contribution is -2.33. The average molecular weight is 317 g/mol. The van der Waals surface area contributed by atoms with E-state index in [9.17, 15) is 4.79 Å². The standard InChI is InChI=1S/C11H11BrClN3O/c1-2-16-9(10(14)15-11(16)17)6-3-4-8(13)7(12)5-6/h3-5,9H,2H2,1H3,(H2,14,15,17). The molecule has 0 fully saturated rings. The predicted octanol–water partition coefficient (Wildman–Crippen LogP) is 2.96. The van der Waals surface area contributed by atoms with E-state index >= 15 is 0 Å². The molecule has 0 aromatic heterocycles. The molecule has 1 atom stereocenters. The molecule has 1 aliphatic rings. The molecule has 0 bridgehead atoms. The van der Waals surface area contributed by atoms with E-state index in [0.29, 0.717) is 17.4 Å². The van der Waals surface area contributed by atoms with Gasteiger partial charge in [0.1, 0.15) is 11.9 Å². The van der Waals surface area contributed by atoms with Crippen LogP contribution < -0.4 is 5.73 Å². The Hall–Kier alpha value is -1.07. The second-order valence-corrected chi connectivity index (χ2v) is 4.94. The molecule has 6 heteroatoms. The number of aliphatic imine (C=N–C) groups is 1. The Labute approximate surface area is 113 Å². The van der Waals surface area contributed by atoms with Gasteiger partial charge in [0.25, 0.3) is 0 Å². The molecule has 0 radical (unpaired) electrons. The van der Waals surface area contributed by atoms with E-state index in [-0.39, 0.29) is 12.1 Å². The molecule has 0 saturated heterocycles. The van der Waals surface area contributed by atoms with Crippen LogP contribution in [0.4, 0.5) is 4.79 Å². The van der Waals surface area contributed by atoms with Crippen molar-refractivity contribution in [1.82, 2.24) is 4.90 Å². The van der Waals surface area contributed by atoms with E-state index in [0.717, 1.165) is 10.0 Å². The average Bonchev–Trinajstić information content (AvgIpc) is 2.57. The number of likely N-dealkylation sites (N-methyl/N-ethyl adjacent to an activating group) is 1. The molecular formula is C11H11BrClN3O. The first-order valence-electron chi connectivity index (χ1n) is 5.14. The quantitative estimate of drug-likeness (QED) is 0.912. The minimum Gasteiger partial charge on any atom is -0.385 e. The maximum absolute atomic E-state index is 11.6. The zero-order valence-electron chi connectivity index (χ0n) is 9.15. The fourth-order valence-electron chi connectivity index (χ4n) is 1.86. The molecule has 4 nitrogen and oxygen atoms in total. The van der Waals surface area contributed by atoms with Crippen molar-refractivity contribution in [3.8, 4) is 0 Å². The number of nitrogens with two attached hydrogens (primary N) is 1. The lowest BCUT2D eigenvalue weighted by Gasteiger charge is -2.23. The number of amides is 2. The van der Waals surface area contributed by atoms with E-state index in [1.807, 2.05) is 19.1 Å². The van der Waals surface area contributed by atoms with Crippen LogP contribution in [0.1, 0.15) is 18.5 Å². The first-order chi connectivity index (χ1) is 8.04. The van der Waals surface area contributed by atoms with E-state index in [2.05, 4.69) is 20.9 Å². The van der Waals surface area contributed by atoms with Crippen LogP contribution in [0.5, 0.6) is 0 Å². The third-order valence-electron chi connectivity index (χ3n) is 2.66. The van der Waals surface area contributed by atoms with E-state index in [1.54, 1.807) is 11.0 Å². The van der Waals surface area contributed by atoms with Gasteiger partial charge < -0.3 is 10.6 Å². The number of nitrogens with zero attached hydrogens (tertiary/aromatic N) is 2. The first-order valence-corrected chi connectivity index (χ1v) is 6.31. The minimum atomic E-state index is -0.291. The molecule has 17 heavy (non-hydrogen) atoms. The number of amidine groups is 1. The van der Waals surface area contributed by atoms with Crippen LogP contribution in [0.25, 0.3) is 0 Å². The highest BCUT2D eigenvalue weighted by atomic mass is 79.9. The van der Waals surface area contributed by atoms with Crippen LogP contribution in [-0.2, 0) is 0 Å². The van der Waals surface area contributed by atoms with Gasteiger partial charge in [-0.15, -0.1) is 0 Å². The normalized spacial score (nSPS) is 19.7. The highest BCUT2D eigenvalue weighted by Crippen LogP contribution is 2.31. The van der Waals surface area contributed by atoms with E-state index in [4.69, 9.17) is 17.3 Å². The summed E-state index contributed by atoms with van der Waals surface area (Å²) in [7, 11) is 0. The zero-order valence-corrected chi connectivity index (χ0v) is 11.5. The number of hydrogen-bond donors (Lipinski definition) is 1. The van der Waals surface area contributed by atoms with Gasteiger partial charge in [-0.3, -0.25) is 0 Å². The fourth-order valence-corrected chi connectivity index (χ4v) is 2.37. The zero-order chi connectivity index (χ0) is 12.6. The van der Waals surface area contributed by atoms with Gasteiger partial charge in [0, 0.05) is 11.0 Å². The summed E-state index contributed by atoms with van der Waals surface area (Å²) in [6.07, 6.45) is 0. The van der Waals surface area contributed by atoms with Crippen molar-refractivity contribution in [2.75, 3.05) is 6.54 Å². The summed E-state index contributed by atoms with van der Waals surface area (Å²) in [4.78, 5) is 17.0. The SMILES string of the molecule is CCN1C(=O)N=C(N)C1c1ccc(Cl)c(Br)c1. The molecule has 0 spiro atoms. The van der Waals surface area contributed by atoms with Crippen LogP contribution in [0.15, 0.2) is 27.7 Å². The van der Waals surface area contributed by atoms with Gasteiger partial charge in [0.15, 0.2) is 0 Å². The fraction of sp³-hybridized carbons (Fsp3) is 0.273. The number of rotatable bonds is 2. The maximum atomic E-state index is 11.6. The molecule has 1 aliphatic heterocycles. The lowest BCUT2D eigenvalue weighted by molar-refractivity contribution is 0.210. The van der Waals surface area contributed by atoms with Crippen LogP contribution in [-0.4, -0.2) is 23.3 Å². The molecule has 1 aromatic rings. The third-order valence-corrected chi connectivity index (χ3v) is 3.88. The Balaban J connectivity index is 2.42. The molecule has 2 amide bonds.